The summed E-state index contributed by atoms with van der Waals surface area (Å²) in [5, 5.41) is 0. The molecule has 0 bridgehead atoms. The van der Waals surface area contributed by atoms with Gasteiger partial charge in [-0.3, -0.25) is 16.3 Å². The summed E-state index contributed by atoms with van der Waals surface area (Å²) in [7, 11) is 1.67. The Morgan fingerprint density at radius 1 is 1.20 bits per heavy atom. The minimum Gasteiger partial charge on any atom is -0.497 e. The fourth-order valence-corrected chi connectivity index (χ4v) is 2.18. The second-order valence-electron chi connectivity index (χ2n) is 4.81. The maximum atomic E-state index is 5.65. The first-order chi connectivity index (χ1) is 9.72. The van der Waals surface area contributed by atoms with Crippen molar-refractivity contribution in [1.82, 2.24) is 10.4 Å². The number of pyridine rings is 1. The molecule has 0 aliphatic rings. The quantitative estimate of drug-likeness (QED) is 0.626. The molecule has 1 heterocycles. The van der Waals surface area contributed by atoms with Crippen LogP contribution in [0.2, 0.25) is 0 Å². The van der Waals surface area contributed by atoms with Gasteiger partial charge in [-0.25, -0.2) is 0 Å². The average Bonchev–Trinajstić information content (AvgIpc) is 2.48. The number of nitrogens with one attached hydrogen (secondary N) is 1. The lowest BCUT2D eigenvalue weighted by Gasteiger charge is -2.15. The van der Waals surface area contributed by atoms with Crippen LogP contribution in [0.1, 0.15) is 29.4 Å². The zero-order valence-corrected chi connectivity index (χ0v) is 12.0. The summed E-state index contributed by atoms with van der Waals surface area (Å²) in [4.78, 5) is 4.52. The van der Waals surface area contributed by atoms with Crippen molar-refractivity contribution in [2.75, 3.05) is 7.11 Å². The Bertz CT molecular complexity index is 540. The lowest BCUT2D eigenvalue weighted by atomic mass is 10.0. The van der Waals surface area contributed by atoms with Crippen molar-refractivity contribution in [3.8, 4) is 5.75 Å². The highest BCUT2D eigenvalue weighted by Crippen LogP contribution is 2.18. The Labute approximate surface area is 120 Å². The highest BCUT2D eigenvalue weighted by atomic mass is 16.5. The van der Waals surface area contributed by atoms with E-state index in [0.29, 0.717) is 0 Å². The third kappa shape index (κ3) is 3.79. The molecule has 4 nitrogen and oxygen atoms in total. The van der Waals surface area contributed by atoms with Gasteiger partial charge in [0.15, 0.2) is 0 Å². The molecular weight excluding hydrogens is 250 g/mol. The fraction of sp³-hybridized carbons (Fsp3) is 0.312. The molecule has 1 aromatic heterocycles. The topological polar surface area (TPSA) is 60.2 Å². The van der Waals surface area contributed by atoms with Crippen LogP contribution >= 0.6 is 0 Å². The summed E-state index contributed by atoms with van der Waals surface area (Å²) in [6.07, 6.45) is 1.84. The number of methoxy groups -OCH3 is 1. The summed E-state index contributed by atoms with van der Waals surface area (Å²) in [5.74, 6) is 6.53. The molecule has 4 heteroatoms. The number of hydrogen-bond acceptors (Lipinski definition) is 4. The number of ether oxygens (including phenoxy) is 1. The first-order valence-electron chi connectivity index (χ1n) is 6.75. The van der Waals surface area contributed by atoms with E-state index in [2.05, 4.69) is 22.5 Å². The van der Waals surface area contributed by atoms with Crippen LogP contribution in [0.25, 0.3) is 0 Å². The fourth-order valence-electron chi connectivity index (χ4n) is 2.18. The third-order valence-corrected chi connectivity index (χ3v) is 3.35. The molecule has 1 atom stereocenters. The molecule has 0 saturated carbocycles. The first kappa shape index (κ1) is 14.5. The molecule has 1 aromatic carbocycles. The minimum atomic E-state index is 0.0667. The number of hydrogen-bond donors (Lipinski definition) is 2. The van der Waals surface area contributed by atoms with Crippen LogP contribution in [0.5, 0.6) is 5.75 Å². The van der Waals surface area contributed by atoms with E-state index in [-0.39, 0.29) is 6.04 Å². The summed E-state index contributed by atoms with van der Waals surface area (Å²) < 4.78 is 5.16. The normalized spacial score (nSPS) is 12.2. The van der Waals surface area contributed by atoms with Gasteiger partial charge in [0.2, 0.25) is 0 Å². The standard InChI is InChI=1S/C16H21N3O/c1-12-4-3-5-15(18-12)16(19-17)11-8-13-6-9-14(20-2)10-7-13/h3-7,9-10,16,19H,8,11,17H2,1-2H3. The monoisotopic (exact) mass is 271 g/mol. The van der Waals surface area contributed by atoms with Gasteiger partial charge in [-0.2, -0.15) is 0 Å². The smallest absolute Gasteiger partial charge is 0.118 e. The number of nitrogens with zero attached hydrogens (tertiary/aromatic N) is 1. The largest absolute Gasteiger partial charge is 0.497 e. The summed E-state index contributed by atoms with van der Waals surface area (Å²) >= 11 is 0. The number of rotatable bonds is 6. The number of aromatic nitrogens is 1. The van der Waals surface area contributed by atoms with Gasteiger partial charge >= 0.3 is 0 Å². The van der Waals surface area contributed by atoms with Gasteiger partial charge in [-0.15, -0.1) is 0 Å². The lowest BCUT2D eigenvalue weighted by molar-refractivity contribution is 0.414. The number of aryl methyl sites for hydroxylation is 2. The second-order valence-corrected chi connectivity index (χ2v) is 4.81. The van der Waals surface area contributed by atoms with Gasteiger partial charge in [0.1, 0.15) is 5.75 Å². The van der Waals surface area contributed by atoms with E-state index in [1.807, 2.05) is 37.3 Å². The van der Waals surface area contributed by atoms with E-state index in [1.54, 1.807) is 7.11 Å². The molecule has 3 N–H and O–H groups in total. The van der Waals surface area contributed by atoms with Crippen molar-refractivity contribution in [3.05, 3.63) is 59.4 Å². The third-order valence-electron chi connectivity index (χ3n) is 3.35. The van der Waals surface area contributed by atoms with E-state index < -0.39 is 0 Å². The van der Waals surface area contributed by atoms with Gasteiger partial charge in [-0.1, -0.05) is 18.2 Å². The van der Waals surface area contributed by atoms with Crippen LogP contribution in [0, 0.1) is 6.92 Å². The molecule has 0 amide bonds. The Balaban J connectivity index is 1.99. The zero-order chi connectivity index (χ0) is 14.4. The molecule has 0 aliphatic heterocycles. The molecule has 0 radical (unpaired) electrons. The number of nitrogens with two attached hydrogens (primary N) is 1. The van der Waals surface area contributed by atoms with Crippen LogP contribution in [0.3, 0.4) is 0 Å². The molecule has 0 spiro atoms. The maximum Gasteiger partial charge on any atom is 0.118 e. The van der Waals surface area contributed by atoms with Crippen molar-refractivity contribution >= 4 is 0 Å². The van der Waals surface area contributed by atoms with Crippen molar-refractivity contribution in [2.45, 2.75) is 25.8 Å². The first-order valence-corrected chi connectivity index (χ1v) is 6.75. The minimum absolute atomic E-state index is 0.0667. The van der Waals surface area contributed by atoms with Crippen molar-refractivity contribution in [3.63, 3.8) is 0 Å². The van der Waals surface area contributed by atoms with Gasteiger partial charge in [0.05, 0.1) is 18.8 Å². The van der Waals surface area contributed by atoms with Gasteiger partial charge in [-0.05, 0) is 49.6 Å². The van der Waals surface area contributed by atoms with E-state index >= 15 is 0 Å². The predicted molar refractivity (Wildman–Crippen MR) is 80.4 cm³/mol. The molecule has 2 aromatic rings. The molecule has 0 saturated heterocycles. The molecule has 0 fully saturated rings. The Hall–Kier alpha value is -1.91. The van der Waals surface area contributed by atoms with Crippen molar-refractivity contribution in [1.29, 1.82) is 0 Å². The summed E-state index contributed by atoms with van der Waals surface area (Å²) in [5.41, 5.74) is 6.11. The zero-order valence-electron chi connectivity index (χ0n) is 12.0. The van der Waals surface area contributed by atoms with E-state index in [9.17, 15) is 0 Å². The van der Waals surface area contributed by atoms with Crippen LogP contribution in [-0.4, -0.2) is 12.1 Å². The second kappa shape index (κ2) is 7.03. The van der Waals surface area contributed by atoms with E-state index in [4.69, 9.17) is 10.6 Å². The maximum absolute atomic E-state index is 5.65. The number of hydrazine groups is 1. The Kier molecular flexibility index (Phi) is 5.09. The molecular formula is C16H21N3O. The predicted octanol–water partition coefficient (Wildman–Crippen LogP) is 2.54. The van der Waals surface area contributed by atoms with Crippen molar-refractivity contribution in [2.24, 2.45) is 5.84 Å². The number of benzene rings is 1. The van der Waals surface area contributed by atoms with Gasteiger partial charge in [0.25, 0.3) is 0 Å². The molecule has 20 heavy (non-hydrogen) atoms. The lowest BCUT2D eigenvalue weighted by Crippen LogP contribution is -2.29. The Morgan fingerprint density at radius 2 is 1.95 bits per heavy atom. The molecule has 1 unspecified atom stereocenters. The van der Waals surface area contributed by atoms with E-state index in [1.165, 1.54) is 5.56 Å². The van der Waals surface area contributed by atoms with Gasteiger partial charge < -0.3 is 4.74 Å². The van der Waals surface area contributed by atoms with Crippen LogP contribution in [0.4, 0.5) is 0 Å². The van der Waals surface area contributed by atoms with Crippen LogP contribution in [0.15, 0.2) is 42.5 Å². The van der Waals surface area contributed by atoms with Crippen LogP contribution in [-0.2, 0) is 6.42 Å². The van der Waals surface area contributed by atoms with E-state index in [0.717, 1.165) is 30.0 Å². The summed E-state index contributed by atoms with van der Waals surface area (Å²) in [6.45, 7) is 1.99. The van der Waals surface area contributed by atoms with Crippen LogP contribution < -0.4 is 16.0 Å². The SMILES string of the molecule is COc1ccc(CCC(NN)c2cccc(C)n2)cc1. The Morgan fingerprint density at radius 3 is 2.55 bits per heavy atom. The molecule has 0 aliphatic carbocycles. The molecule has 2 rings (SSSR count). The highest BCUT2D eigenvalue weighted by Gasteiger charge is 2.11. The molecule has 106 valence electrons. The van der Waals surface area contributed by atoms with Crippen molar-refractivity contribution < 1.29 is 4.74 Å². The average molecular weight is 271 g/mol. The highest BCUT2D eigenvalue weighted by molar-refractivity contribution is 5.27. The summed E-state index contributed by atoms with van der Waals surface area (Å²) in [6, 6.07) is 14.2. The van der Waals surface area contributed by atoms with Gasteiger partial charge in [0, 0.05) is 5.69 Å².